The zero-order valence-electron chi connectivity index (χ0n) is 16.5. The fourth-order valence-corrected chi connectivity index (χ4v) is 3.95. The summed E-state index contributed by atoms with van der Waals surface area (Å²) in [7, 11) is 1.83. The molecule has 1 aliphatic rings. The molecular formula is C23H26N4O. The molecule has 1 aliphatic heterocycles. The lowest BCUT2D eigenvalue weighted by atomic mass is 9.93. The number of rotatable bonds is 4. The van der Waals surface area contributed by atoms with Gasteiger partial charge in [-0.1, -0.05) is 35.9 Å². The first kappa shape index (κ1) is 18.4. The van der Waals surface area contributed by atoms with E-state index < -0.39 is 0 Å². The molecule has 0 radical (unpaired) electrons. The maximum Gasteiger partial charge on any atom is 0.274 e. The molecule has 144 valence electrons. The molecular weight excluding hydrogens is 348 g/mol. The summed E-state index contributed by atoms with van der Waals surface area (Å²) in [6, 6.07) is 16.6. The molecule has 2 aromatic heterocycles. The van der Waals surface area contributed by atoms with Crippen LogP contribution in [0, 0.1) is 6.92 Å². The van der Waals surface area contributed by atoms with Crippen LogP contribution in [-0.4, -0.2) is 38.7 Å². The quantitative estimate of drug-likeness (QED) is 0.699. The molecule has 0 unspecified atom stereocenters. The van der Waals surface area contributed by atoms with E-state index in [0.717, 1.165) is 37.2 Å². The number of hydrogen-bond acceptors (Lipinski definition) is 3. The number of carbonyl (C=O) groups excluding carboxylic acids is 1. The molecule has 28 heavy (non-hydrogen) atoms. The van der Waals surface area contributed by atoms with E-state index in [0.29, 0.717) is 12.2 Å². The highest BCUT2D eigenvalue weighted by molar-refractivity contribution is 5.92. The number of pyridine rings is 1. The Balaban J connectivity index is 1.48. The van der Waals surface area contributed by atoms with Gasteiger partial charge in [-0.05, 0) is 43.5 Å². The number of hydrogen-bond donors (Lipinski definition) is 0. The number of nitrogens with zero attached hydrogens (tertiary/aromatic N) is 4. The van der Waals surface area contributed by atoms with Crippen molar-refractivity contribution in [3.05, 3.63) is 82.9 Å². The number of amides is 1. The maximum atomic E-state index is 12.8. The van der Waals surface area contributed by atoms with Gasteiger partial charge in [0.1, 0.15) is 5.69 Å². The summed E-state index contributed by atoms with van der Waals surface area (Å²) in [6.07, 6.45) is 4.70. The fourth-order valence-electron chi connectivity index (χ4n) is 3.95. The number of benzene rings is 1. The Hall–Kier alpha value is -2.95. The van der Waals surface area contributed by atoms with E-state index in [-0.39, 0.29) is 11.8 Å². The van der Waals surface area contributed by atoms with Gasteiger partial charge in [0.25, 0.3) is 5.91 Å². The van der Waals surface area contributed by atoms with E-state index in [1.165, 1.54) is 11.1 Å². The molecule has 1 atom stereocenters. The van der Waals surface area contributed by atoms with Gasteiger partial charge in [0.15, 0.2) is 0 Å². The van der Waals surface area contributed by atoms with Crippen LogP contribution in [0.15, 0.2) is 54.7 Å². The molecule has 5 heteroatoms. The van der Waals surface area contributed by atoms with Crippen molar-refractivity contribution in [1.82, 2.24) is 19.7 Å². The number of piperidine rings is 1. The van der Waals surface area contributed by atoms with Gasteiger partial charge >= 0.3 is 0 Å². The highest BCUT2D eigenvalue weighted by atomic mass is 16.2. The summed E-state index contributed by atoms with van der Waals surface area (Å²) in [6.45, 7) is 3.60. The third-order valence-electron chi connectivity index (χ3n) is 5.36. The summed E-state index contributed by atoms with van der Waals surface area (Å²) in [4.78, 5) is 19.6. The monoisotopic (exact) mass is 374 g/mol. The minimum absolute atomic E-state index is 0.0150. The van der Waals surface area contributed by atoms with Gasteiger partial charge in [0, 0.05) is 50.1 Å². The average Bonchev–Trinajstić information content (AvgIpc) is 3.14. The molecule has 0 aliphatic carbocycles. The molecule has 4 rings (SSSR count). The van der Waals surface area contributed by atoms with Crippen molar-refractivity contribution in [2.75, 3.05) is 13.1 Å². The van der Waals surface area contributed by atoms with Crippen LogP contribution >= 0.6 is 0 Å². The zero-order valence-corrected chi connectivity index (χ0v) is 16.5. The maximum absolute atomic E-state index is 12.8. The lowest BCUT2D eigenvalue weighted by Gasteiger charge is -2.32. The second kappa shape index (κ2) is 7.97. The van der Waals surface area contributed by atoms with Crippen molar-refractivity contribution in [3.8, 4) is 0 Å². The van der Waals surface area contributed by atoms with Gasteiger partial charge in [-0.25, -0.2) is 0 Å². The summed E-state index contributed by atoms with van der Waals surface area (Å²) >= 11 is 0. The van der Waals surface area contributed by atoms with Crippen LogP contribution in [0.5, 0.6) is 0 Å². The molecule has 0 spiro atoms. The van der Waals surface area contributed by atoms with Gasteiger partial charge in [-0.3, -0.25) is 14.5 Å². The topological polar surface area (TPSA) is 51.0 Å². The third kappa shape index (κ3) is 4.14. The number of aryl methyl sites for hydroxylation is 2. The zero-order chi connectivity index (χ0) is 19.5. The van der Waals surface area contributed by atoms with Crippen LogP contribution < -0.4 is 0 Å². The summed E-state index contributed by atoms with van der Waals surface area (Å²) in [5.41, 5.74) is 5.23. The molecule has 3 heterocycles. The Morgan fingerprint density at radius 3 is 2.82 bits per heavy atom. The van der Waals surface area contributed by atoms with E-state index in [9.17, 15) is 4.79 Å². The molecule has 5 nitrogen and oxygen atoms in total. The van der Waals surface area contributed by atoms with Gasteiger partial charge < -0.3 is 4.90 Å². The SMILES string of the molecule is Cc1cccc(Cc2cccc([C@@H]3CCCN(C(=O)c4ccn(C)n4)C3)n2)c1. The second-order valence-electron chi connectivity index (χ2n) is 7.68. The van der Waals surface area contributed by atoms with E-state index >= 15 is 0 Å². The van der Waals surface area contributed by atoms with Crippen molar-refractivity contribution in [3.63, 3.8) is 0 Å². The Labute approximate surface area is 166 Å². The standard InChI is InChI=1S/C23H26N4O/c1-17-6-3-7-18(14-17)15-20-9-4-10-21(24-20)19-8-5-12-27(16-19)23(28)22-11-13-26(2)25-22/h3-4,6-7,9-11,13-14,19H,5,8,12,15-16H2,1-2H3/t19-/m1/s1. The van der Waals surface area contributed by atoms with E-state index in [1.54, 1.807) is 10.7 Å². The number of aromatic nitrogens is 3. The lowest BCUT2D eigenvalue weighted by Crippen LogP contribution is -2.39. The molecule has 0 bridgehead atoms. The van der Waals surface area contributed by atoms with Crippen LogP contribution in [-0.2, 0) is 13.5 Å². The molecule has 3 aromatic rings. The summed E-state index contributed by atoms with van der Waals surface area (Å²) in [5, 5.41) is 4.26. The largest absolute Gasteiger partial charge is 0.337 e. The second-order valence-corrected chi connectivity index (χ2v) is 7.68. The lowest BCUT2D eigenvalue weighted by molar-refractivity contribution is 0.0699. The van der Waals surface area contributed by atoms with E-state index in [1.807, 2.05) is 18.1 Å². The average molecular weight is 374 g/mol. The Morgan fingerprint density at radius 1 is 1.18 bits per heavy atom. The van der Waals surface area contributed by atoms with E-state index in [4.69, 9.17) is 4.98 Å². The van der Waals surface area contributed by atoms with Gasteiger partial charge in [-0.15, -0.1) is 0 Å². The Kier molecular flexibility index (Phi) is 5.24. The predicted octanol–water partition coefficient (Wildman–Crippen LogP) is 3.73. The first-order valence-corrected chi connectivity index (χ1v) is 9.89. The number of carbonyl (C=O) groups is 1. The highest BCUT2D eigenvalue weighted by Gasteiger charge is 2.27. The van der Waals surface area contributed by atoms with Crippen molar-refractivity contribution in [1.29, 1.82) is 0 Å². The minimum atomic E-state index is 0.0150. The van der Waals surface area contributed by atoms with E-state index in [2.05, 4.69) is 54.5 Å². The third-order valence-corrected chi connectivity index (χ3v) is 5.36. The summed E-state index contributed by atoms with van der Waals surface area (Å²) < 4.78 is 1.67. The molecule has 1 aromatic carbocycles. The highest BCUT2D eigenvalue weighted by Crippen LogP contribution is 2.27. The fraction of sp³-hybridized carbons (Fsp3) is 0.348. The van der Waals surface area contributed by atoms with Gasteiger partial charge in [0.05, 0.1) is 0 Å². The first-order valence-electron chi connectivity index (χ1n) is 9.89. The molecule has 1 amide bonds. The van der Waals surface area contributed by atoms with Crippen molar-refractivity contribution >= 4 is 5.91 Å². The number of likely N-dealkylation sites (tertiary alicyclic amines) is 1. The van der Waals surface area contributed by atoms with Crippen molar-refractivity contribution in [2.24, 2.45) is 7.05 Å². The van der Waals surface area contributed by atoms with Crippen molar-refractivity contribution in [2.45, 2.75) is 32.1 Å². The molecule has 1 fully saturated rings. The van der Waals surface area contributed by atoms with Gasteiger partial charge in [0.2, 0.25) is 0 Å². The van der Waals surface area contributed by atoms with Crippen LogP contribution in [0.1, 0.15) is 51.8 Å². The first-order chi connectivity index (χ1) is 13.6. The van der Waals surface area contributed by atoms with Gasteiger partial charge in [-0.2, -0.15) is 5.10 Å². The molecule has 1 saturated heterocycles. The van der Waals surface area contributed by atoms with Crippen molar-refractivity contribution < 1.29 is 4.79 Å². The Bertz CT molecular complexity index is 978. The predicted molar refractivity (Wildman–Crippen MR) is 109 cm³/mol. The van der Waals surface area contributed by atoms with Crippen LogP contribution in [0.3, 0.4) is 0 Å². The van der Waals surface area contributed by atoms with Crippen LogP contribution in [0.25, 0.3) is 0 Å². The molecule has 0 saturated carbocycles. The van der Waals surface area contributed by atoms with Crippen LogP contribution in [0.2, 0.25) is 0 Å². The smallest absolute Gasteiger partial charge is 0.274 e. The molecule has 0 N–H and O–H groups in total. The normalized spacial score (nSPS) is 16.9. The Morgan fingerprint density at radius 2 is 2.04 bits per heavy atom. The minimum Gasteiger partial charge on any atom is -0.337 e. The summed E-state index contributed by atoms with van der Waals surface area (Å²) in [5.74, 6) is 0.292. The van der Waals surface area contributed by atoms with Crippen LogP contribution in [0.4, 0.5) is 0 Å².